The number of benzene rings is 1. The van der Waals surface area contributed by atoms with Crippen molar-refractivity contribution >= 4 is 35.2 Å². The molecular weight excluding hydrogens is 324 g/mol. The van der Waals surface area contributed by atoms with Crippen molar-refractivity contribution < 1.29 is 14.4 Å². The van der Waals surface area contributed by atoms with Crippen LogP contribution in [0.1, 0.15) is 39.2 Å². The lowest BCUT2D eigenvalue weighted by molar-refractivity contribution is -0.147. The molecule has 1 heterocycles. The Morgan fingerprint density at radius 1 is 1.04 bits per heavy atom. The number of anilines is 1. The number of imide groups is 1. The standard InChI is InChI=1S/C18H24N2O3S/c1-4-12-7-9-13(10-8-12)19-16(21)11-20-17(22)14(5-2)24-15(6-3)18(20)23/h7-10,14-15H,4-6,11H2,1-3H3,(H,19,21)/t14-,15+. The highest BCUT2D eigenvalue weighted by Crippen LogP contribution is 2.31. The number of nitrogens with zero attached hydrogens (tertiary/aromatic N) is 1. The Bertz CT molecular complexity index is 593. The van der Waals surface area contributed by atoms with Gasteiger partial charge in [-0.2, -0.15) is 0 Å². The van der Waals surface area contributed by atoms with Crippen LogP contribution in [-0.2, 0) is 20.8 Å². The Morgan fingerprint density at radius 2 is 1.58 bits per heavy atom. The zero-order chi connectivity index (χ0) is 17.7. The van der Waals surface area contributed by atoms with Gasteiger partial charge in [0.2, 0.25) is 17.7 Å². The first-order valence-electron chi connectivity index (χ1n) is 8.39. The number of hydrogen-bond acceptors (Lipinski definition) is 4. The van der Waals surface area contributed by atoms with E-state index in [1.54, 1.807) is 0 Å². The van der Waals surface area contributed by atoms with Gasteiger partial charge in [0.15, 0.2) is 0 Å². The van der Waals surface area contributed by atoms with Crippen molar-refractivity contribution in [3.8, 4) is 0 Å². The number of rotatable bonds is 6. The highest BCUT2D eigenvalue weighted by molar-refractivity contribution is 8.02. The molecule has 130 valence electrons. The molecule has 1 aliphatic heterocycles. The van der Waals surface area contributed by atoms with E-state index in [0.29, 0.717) is 18.5 Å². The molecule has 0 spiro atoms. The smallest absolute Gasteiger partial charge is 0.244 e. The molecule has 24 heavy (non-hydrogen) atoms. The van der Waals surface area contributed by atoms with Crippen LogP contribution in [0.2, 0.25) is 0 Å². The van der Waals surface area contributed by atoms with E-state index in [4.69, 9.17) is 0 Å². The van der Waals surface area contributed by atoms with E-state index in [0.717, 1.165) is 11.3 Å². The molecule has 1 aliphatic rings. The monoisotopic (exact) mass is 348 g/mol. The minimum atomic E-state index is -0.349. The summed E-state index contributed by atoms with van der Waals surface area (Å²) in [5, 5.41) is 2.26. The third kappa shape index (κ3) is 4.17. The second-order valence-electron chi connectivity index (χ2n) is 5.79. The number of hydrogen-bond donors (Lipinski definition) is 1. The lowest BCUT2D eigenvalue weighted by Crippen LogP contribution is -2.53. The van der Waals surface area contributed by atoms with Gasteiger partial charge in [0.1, 0.15) is 6.54 Å². The minimum absolute atomic E-state index is 0.221. The van der Waals surface area contributed by atoms with E-state index in [9.17, 15) is 14.4 Å². The van der Waals surface area contributed by atoms with Gasteiger partial charge in [0.05, 0.1) is 10.5 Å². The lowest BCUT2D eigenvalue weighted by Gasteiger charge is -2.34. The van der Waals surface area contributed by atoms with Gasteiger partial charge in [-0.15, -0.1) is 11.8 Å². The van der Waals surface area contributed by atoms with Gasteiger partial charge in [-0.3, -0.25) is 19.3 Å². The summed E-state index contributed by atoms with van der Waals surface area (Å²) >= 11 is 1.41. The normalized spacial score (nSPS) is 21.0. The van der Waals surface area contributed by atoms with Crippen LogP contribution < -0.4 is 5.32 Å². The summed E-state index contributed by atoms with van der Waals surface area (Å²) in [6, 6.07) is 7.56. The first-order chi connectivity index (χ1) is 11.5. The predicted octanol–water partition coefficient (Wildman–Crippen LogP) is 2.85. The topological polar surface area (TPSA) is 66.5 Å². The minimum Gasteiger partial charge on any atom is -0.325 e. The highest BCUT2D eigenvalue weighted by Gasteiger charge is 2.40. The fraction of sp³-hybridized carbons (Fsp3) is 0.500. The van der Waals surface area contributed by atoms with E-state index in [-0.39, 0.29) is 34.8 Å². The van der Waals surface area contributed by atoms with Gasteiger partial charge in [-0.05, 0) is 37.0 Å². The number of carbonyl (C=O) groups is 3. The van der Waals surface area contributed by atoms with Gasteiger partial charge in [0.25, 0.3) is 0 Å². The Labute approximate surface area is 147 Å². The third-order valence-electron chi connectivity index (χ3n) is 4.10. The molecule has 1 aromatic rings. The first-order valence-corrected chi connectivity index (χ1v) is 9.33. The van der Waals surface area contributed by atoms with Gasteiger partial charge < -0.3 is 5.32 Å². The highest BCUT2D eigenvalue weighted by atomic mass is 32.2. The predicted molar refractivity (Wildman–Crippen MR) is 96.9 cm³/mol. The van der Waals surface area contributed by atoms with Gasteiger partial charge in [0, 0.05) is 5.69 Å². The maximum absolute atomic E-state index is 12.4. The largest absolute Gasteiger partial charge is 0.325 e. The lowest BCUT2D eigenvalue weighted by atomic mass is 10.1. The SMILES string of the molecule is CCc1ccc(NC(=O)CN2C(=O)[C@H](CC)S[C@H](CC)C2=O)cc1. The average Bonchev–Trinajstić information content (AvgIpc) is 2.59. The van der Waals surface area contributed by atoms with Crippen molar-refractivity contribution in [1.82, 2.24) is 4.90 Å². The summed E-state index contributed by atoms with van der Waals surface area (Å²) in [7, 11) is 0. The van der Waals surface area contributed by atoms with Gasteiger partial charge in [-0.1, -0.05) is 32.9 Å². The van der Waals surface area contributed by atoms with Crippen LogP contribution in [0, 0.1) is 0 Å². The molecule has 0 aromatic heterocycles. The molecule has 1 N–H and O–H groups in total. The second-order valence-corrected chi connectivity index (χ2v) is 7.20. The third-order valence-corrected chi connectivity index (χ3v) is 5.83. The first kappa shape index (κ1) is 18.5. The summed E-state index contributed by atoms with van der Waals surface area (Å²) in [5.74, 6) is -0.861. The number of carbonyl (C=O) groups excluding carboxylic acids is 3. The Hall–Kier alpha value is -1.82. The Morgan fingerprint density at radius 3 is 2.04 bits per heavy atom. The van der Waals surface area contributed by atoms with Crippen LogP contribution in [0.25, 0.3) is 0 Å². The van der Waals surface area contributed by atoms with Crippen LogP contribution in [0.3, 0.4) is 0 Å². The summed E-state index contributed by atoms with van der Waals surface area (Å²) in [6.45, 7) is 5.69. The summed E-state index contributed by atoms with van der Waals surface area (Å²) < 4.78 is 0. The zero-order valence-electron chi connectivity index (χ0n) is 14.4. The molecule has 1 fully saturated rings. The van der Waals surface area contributed by atoms with Crippen LogP contribution in [0.5, 0.6) is 0 Å². The molecule has 6 heteroatoms. The maximum atomic E-state index is 12.4. The van der Waals surface area contributed by atoms with Crippen LogP contribution >= 0.6 is 11.8 Å². The van der Waals surface area contributed by atoms with E-state index in [1.807, 2.05) is 38.1 Å². The van der Waals surface area contributed by atoms with Crippen molar-refractivity contribution in [2.75, 3.05) is 11.9 Å². The van der Waals surface area contributed by atoms with Crippen LogP contribution in [-0.4, -0.2) is 39.7 Å². The molecule has 3 amide bonds. The van der Waals surface area contributed by atoms with Gasteiger partial charge in [-0.25, -0.2) is 0 Å². The van der Waals surface area contributed by atoms with Crippen molar-refractivity contribution in [3.05, 3.63) is 29.8 Å². The molecule has 2 atom stereocenters. The molecule has 2 rings (SSSR count). The van der Waals surface area contributed by atoms with Crippen molar-refractivity contribution in [2.24, 2.45) is 0 Å². The van der Waals surface area contributed by atoms with E-state index in [2.05, 4.69) is 12.2 Å². The molecule has 1 aromatic carbocycles. The van der Waals surface area contributed by atoms with Crippen molar-refractivity contribution in [3.63, 3.8) is 0 Å². The van der Waals surface area contributed by atoms with Gasteiger partial charge >= 0.3 is 0 Å². The number of aryl methyl sites for hydroxylation is 1. The fourth-order valence-corrected chi connectivity index (χ4v) is 3.91. The summed E-state index contributed by atoms with van der Waals surface area (Å²) in [5.41, 5.74) is 1.85. The fourth-order valence-electron chi connectivity index (χ4n) is 2.64. The van der Waals surface area contributed by atoms with Crippen molar-refractivity contribution in [1.29, 1.82) is 0 Å². The Balaban J connectivity index is 2.04. The molecule has 1 saturated heterocycles. The number of thioether (sulfide) groups is 1. The molecule has 0 unspecified atom stereocenters. The van der Waals surface area contributed by atoms with E-state index in [1.165, 1.54) is 17.3 Å². The number of amides is 3. The number of nitrogens with one attached hydrogen (secondary N) is 1. The molecule has 0 aliphatic carbocycles. The second kappa shape index (κ2) is 8.33. The zero-order valence-corrected chi connectivity index (χ0v) is 15.2. The quantitative estimate of drug-likeness (QED) is 0.803. The molecule has 0 radical (unpaired) electrons. The average molecular weight is 348 g/mol. The summed E-state index contributed by atoms with van der Waals surface area (Å²) in [6.07, 6.45) is 2.24. The van der Waals surface area contributed by atoms with Crippen LogP contribution in [0.4, 0.5) is 5.69 Å². The van der Waals surface area contributed by atoms with Crippen molar-refractivity contribution in [2.45, 2.75) is 50.5 Å². The molecule has 0 bridgehead atoms. The summed E-state index contributed by atoms with van der Waals surface area (Å²) in [4.78, 5) is 38.2. The maximum Gasteiger partial charge on any atom is 0.244 e. The molecule has 0 saturated carbocycles. The van der Waals surface area contributed by atoms with Crippen LogP contribution in [0.15, 0.2) is 24.3 Å². The van der Waals surface area contributed by atoms with E-state index < -0.39 is 0 Å². The Kier molecular flexibility index (Phi) is 6.43. The molecule has 5 nitrogen and oxygen atoms in total. The molecular formula is C18H24N2O3S. The van der Waals surface area contributed by atoms with E-state index >= 15 is 0 Å².